The number of benzene rings is 2. The van der Waals surface area contributed by atoms with Crippen LogP contribution in [0, 0.1) is 11.3 Å². The molecule has 3 rings (SSSR count). The molecule has 0 bridgehead atoms. The van der Waals surface area contributed by atoms with Crippen molar-refractivity contribution in [3.63, 3.8) is 0 Å². The zero-order valence-corrected chi connectivity index (χ0v) is 13.6. The summed E-state index contributed by atoms with van der Waals surface area (Å²) in [5.41, 5.74) is 5.63. The van der Waals surface area contributed by atoms with Gasteiger partial charge in [0.05, 0.1) is 12.3 Å². The van der Waals surface area contributed by atoms with Crippen molar-refractivity contribution >= 4 is 40.1 Å². The third-order valence-electron chi connectivity index (χ3n) is 3.46. The fraction of sp³-hybridized carbons (Fsp3) is 0.0556. The summed E-state index contributed by atoms with van der Waals surface area (Å²) in [6, 6.07) is 19.7. The molecule has 0 unspecified atom stereocenters. The summed E-state index contributed by atoms with van der Waals surface area (Å²) in [6.07, 6.45) is 3.61. The first-order valence-electron chi connectivity index (χ1n) is 7.38. The standard InChI is InChI=1S/C18H15N5S/c19-10-11-23-13-14(16-8-4-5-9-17(16)23)12-20-22-18(24)21-15-6-2-1-3-7-15/h1-9,12-13H,11H2,(H2,21,22,24)/b20-12+. The first-order chi connectivity index (χ1) is 11.8. The Hall–Kier alpha value is -3.17. The number of hydrogen-bond donors (Lipinski definition) is 2. The lowest BCUT2D eigenvalue weighted by Crippen LogP contribution is -2.23. The van der Waals surface area contributed by atoms with Crippen LogP contribution in [0.25, 0.3) is 10.9 Å². The van der Waals surface area contributed by atoms with E-state index in [1.165, 1.54) is 0 Å². The largest absolute Gasteiger partial charge is 0.333 e. The molecule has 5 nitrogen and oxygen atoms in total. The van der Waals surface area contributed by atoms with Crippen LogP contribution in [0.2, 0.25) is 0 Å². The summed E-state index contributed by atoms with van der Waals surface area (Å²) in [5, 5.41) is 17.6. The van der Waals surface area contributed by atoms with Crippen LogP contribution in [0.5, 0.6) is 0 Å². The van der Waals surface area contributed by atoms with Gasteiger partial charge in [-0.2, -0.15) is 10.4 Å². The van der Waals surface area contributed by atoms with E-state index in [0.717, 1.165) is 22.2 Å². The molecule has 0 atom stereocenters. The molecule has 118 valence electrons. The Kier molecular flexibility index (Phi) is 4.84. The lowest BCUT2D eigenvalue weighted by Gasteiger charge is -2.05. The van der Waals surface area contributed by atoms with Crippen LogP contribution in [0.4, 0.5) is 5.69 Å². The summed E-state index contributed by atoms with van der Waals surface area (Å²) < 4.78 is 1.90. The zero-order chi connectivity index (χ0) is 16.8. The quantitative estimate of drug-likeness (QED) is 0.436. The smallest absolute Gasteiger partial charge is 0.191 e. The molecule has 0 aliphatic heterocycles. The van der Waals surface area contributed by atoms with E-state index in [4.69, 9.17) is 17.5 Å². The molecule has 3 aromatic rings. The number of nitrogens with one attached hydrogen (secondary N) is 2. The minimum absolute atomic E-state index is 0.301. The summed E-state index contributed by atoms with van der Waals surface area (Å²) in [5.74, 6) is 0. The fourth-order valence-electron chi connectivity index (χ4n) is 2.43. The summed E-state index contributed by atoms with van der Waals surface area (Å²) >= 11 is 5.21. The molecule has 1 aromatic heterocycles. The van der Waals surface area contributed by atoms with Gasteiger partial charge in [-0.1, -0.05) is 36.4 Å². The van der Waals surface area contributed by atoms with Gasteiger partial charge in [-0.25, -0.2) is 0 Å². The molecule has 0 fully saturated rings. The second-order valence-electron chi connectivity index (χ2n) is 5.08. The molecular weight excluding hydrogens is 318 g/mol. The third-order valence-corrected chi connectivity index (χ3v) is 3.66. The van der Waals surface area contributed by atoms with E-state index in [2.05, 4.69) is 21.9 Å². The van der Waals surface area contributed by atoms with Gasteiger partial charge in [-0.15, -0.1) is 0 Å². The van der Waals surface area contributed by atoms with Gasteiger partial charge in [0, 0.05) is 28.4 Å². The van der Waals surface area contributed by atoms with Crippen LogP contribution in [0.1, 0.15) is 5.56 Å². The molecule has 24 heavy (non-hydrogen) atoms. The average molecular weight is 333 g/mol. The number of para-hydroxylation sites is 2. The Balaban J connectivity index is 1.72. The number of nitrogens with zero attached hydrogens (tertiary/aromatic N) is 3. The first-order valence-corrected chi connectivity index (χ1v) is 7.78. The van der Waals surface area contributed by atoms with E-state index in [9.17, 15) is 0 Å². The van der Waals surface area contributed by atoms with Crippen molar-refractivity contribution in [2.75, 3.05) is 5.32 Å². The predicted molar refractivity (Wildman–Crippen MR) is 101 cm³/mol. The van der Waals surface area contributed by atoms with Crippen molar-refractivity contribution in [1.29, 1.82) is 5.26 Å². The maximum Gasteiger partial charge on any atom is 0.191 e. The molecule has 0 saturated heterocycles. The molecule has 2 N–H and O–H groups in total. The van der Waals surface area contributed by atoms with Gasteiger partial charge >= 0.3 is 0 Å². The van der Waals surface area contributed by atoms with Crippen molar-refractivity contribution in [3.8, 4) is 6.07 Å². The summed E-state index contributed by atoms with van der Waals surface area (Å²) in [4.78, 5) is 0. The third kappa shape index (κ3) is 3.59. The van der Waals surface area contributed by atoms with Gasteiger partial charge in [-0.05, 0) is 30.4 Å². The van der Waals surface area contributed by atoms with Crippen LogP contribution in [0.15, 0.2) is 65.9 Å². The maximum atomic E-state index is 8.94. The predicted octanol–water partition coefficient (Wildman–Crippen LogP) is 3.49. The molecule has 0 radical (unpaired) electrons. The zero-order valence-electron chi connectivity index (χ0n) is 12.8. The second-order valence-corrected chi connectivity index (χ2v) is 5.49. The Labute approximate surface area is 145 Å². The SMILES string of the molecule is N#CCn1cc(/C=N/NC(=S)Nc2ccccc2)c2ccccc21. The molecule has 0 spiro atoms. The number of hydrogen-bond acceptors (Lipinski definition) is 3. The second kappa shape index (κ2) is 7.40. The van der Waals surface area contributed by atoms with Crippen molar-refractivity contribution in [2.45, 2.75) is 6.54 Å². The Bertz CT molecular complexity index is 921. The normalized spacial score (nSPS) is 10.6. The number of anilines is 1. The number of rotatable bonds is 4. The van der Waals surface area contributed by atoms with Crippen LogP contribution in [-0.4, -0.2) is 15.9 Å². The van der Waals surface area contributed by atoms with Gasteiger partial charge in [0.15, 0.2) is 5.11 Å². The molecule has 0 amide bonds. The lowest BCUT2D eigenvalue weighted by molar-refractivity contribution is 0.873. The van der Waals surface area contributed by atoms with Gasteiger partial charge < -0.3 is 9.88 Å². The van der Waals surface area contributed by atoms with E-state index in [1.54, 1.807) is 6.21 Å². The number of thiocarbonyl (C=S) groups is 1. The highest BCUT2D eigenvalue weighted by molar-refractivity contribution is 7.80. The van der Waals surface area contributed by atoms with Crippen LogP contribution >= 0.6 is 12.2 Å². The van der Waals surface area contributed by atoms with Crippen molar-refractivity contribution < 1.29 is 0 Å². The van der Waals surface area contributed by atoms with Gasteiger partial charge in [0.2, 0.25) is 0 Å². The van der Waals surface area contributed by atoms with Crippen molar-refractivity contribution in [3.05, 3.63) is 66.4 Å². The average Bonchev–Trinajstić information content (AvgIpc) is 2.94. The topological polar surface area (TPSA) is 65.1 Å². The van der Waals surface area contributed by atoms with E-state index < -0.39 is 0 Å². The molecule has 1 heterocycles. The number of hydrazone groups is 1. The lowest BCUT2D eigenvalue weighted by atomic mass is 10.2. The van der Waals surface area contributed by atoms with Gasteiger partial charge in [-0.3, -0.25) is 5.43 Å². The van der Waals surface area contributed by atoms with Crippen LogP contribution in [-0.2, 0) is 6.54 Å². The summed E-state index contributed by atoms with van der Waals surface area (Å²) in [6.45, 7) is 0.301. The summed E-state index contributed by atoms with van der Waals surface area (Å²) in [7, 11) is 0. The van der Waals surface area contributed by atoms with Crippen LogP contribution < -0.4 is 10.7 Å². The highest BCUT2D eigenvalue weighted by atomic mass is 32.1. The van der Waals surface area contributed by atoms with E-state index in [1.807, 2.05) is 65.4 Å². The minimum Gasteiger partial charge on any atom is -0.333 e. The number of aromatic nitrogens is 1. The molecule has 0 saturated carbocycles. The van der Waals surface area contributed by atoms with Crippen molar-refractivity contribution in [1.82, 2.24) is 9.99 Å². The first kappa shape index (κ1) is 15.7. The Morgan fingerprint density at radius 1 is 1.17 bits per heavy atom. The highest BCUT2D eigenvalue weighted by Crippen LogP contribution is 2.19. The Morgan fingerprint density at radius 2 is 1.92 bits per heavy atom. The van der Waals surface area contributed by atoms with Crippen LogP contribution in [0.3, 0.4) is 0 Å². The molecule has 0 aliphatic carbocycles. The number of fused-ring (bicyclic) bond motifs is 1. The van der Waals surface area contributed by atoms with Gasteiger partial charge in [0.1, 0.15) is 6.54 Å². The molecule has 6 heteroatoms. The van der Waals surface area contributed by atoms with Crippen molar-refractivity contribution in [2.24, 2.45) is 5.10 Å². The number of nitriles is 1. The maximum absolute atomic E-state index is 8.94. The Morgan fingerprint density at radius 3 is 2.71 bits per heavy atom. The molecule has 0 aliphatic rings. The van der Waals surface area contributed by atoms with E-state index >= 15 is 0 Å². The highest BCUT2D eigenvalue weighted by Gasteiger charge is 2.05. The molecular formula is C18H15N5S. The monoisotopic (exact) mass is 333 g/mol. The molecule has 2 aromatic carbocycles. The van der Waals surface area contributed by atoms with E-state index in [0.29, 0.717) is 11.7 Å². The van der Waals surface area contributed by atoms with E-state index in [-0.39, 0.29) is 0 Å². The minimum atomic E-state index is 0.301. The fourth-order valence-corrected chi connectivity index (χ4v) is 2.60. The van der Waals surface area contributed by atoms with Gasteiger partial charge in [0.25, 0.3) is 0 Å².